The molecule has 0 aromatic carbocycles. The van der Waals surface area contributed by atoms with Crippen LogP contribution in [-0.2, 0) is 17.5 Å². The second kappa shape index (κ2) is 9.46. The normalized spacial score (nSPS) is 21.4. The summed E-state index contributed by atoms with van der Waals surface area (Å²) in [5.74, 6) is 1.25. The lowest BCUT2D eigenvalue weighted by molar-refractivity contribution is -0.141. The molecule has 3 fully saturated rings. The average Bonchev–Trinajstić information content (AvgIpc) is 3.49. The Morgan fingerprint density at radius 3 is 2.59 bits per heavy atom. The lowest BCUT2D eigenvalue weighted by atomic mass is 9.79. The van der Waals surface area contributed by atoms with Crippen LogP contribution in [0.1, 0.15) is 57.3 Å². The van der Waals surface area contributed by atoms with E-state index in [-0.39, 0.29) is 28.9 Å². The molecule has 6 rings (SSSR count). The van der Waals surface area contributed by atoms with Crippen molar-refractivity contribution in [3.8, 4) is 0 Å². The lowest BCUT2D eigenvalue weighted by Gasteiger charge is -2.48. The first-order chi connectivity index (χ1) is 18.5. The molecule has 10 nitrogen and oxygen atoms in total. The molecule has 3 aromatic heterocycles. The molecule has 0 saturated carbocycles. The maximum atomic E-state index is 13.7. The number of nitrogens with zero attached hydrogens (tertiary/aromatic N) is 8. The number of ether oxygens (including phenoxy) is 1. The van der Waals surface area contributed by atoms with E-state index in [1.165, 1.54) is 6.92 Å². The van der Waals surface area contributed by atoms with Crippen molar-refractivity contribution in [2.75, 3.05) is 42.6 Å². The van der Waals surface area contributed by atoms with Gasteiger partial charge in [-0.05, 0) is 38.5 Å². The summed E-state index contributed by atoms with van der Waals surface area (Å²) in [6.07, 6.45) is 0.551. The number of aryl methyl sites for hydroxylation is 1. The predicted octanol–water partition coefficient (Wildman–Crippen LogP) is 3.78. The molecule has 3 aliphatic heterocycles. The van der Waals surface area contributed by atoms with Gasteiger partial charge in [-0.3, -0.25) is 9.36 Å². The highest BCUT2D eigenvalue weighted by Crippen LogP contribution is 2.43. The molecule has 1 atom stereocenters. The molecule has 0 aliphatic carbocycles. The summed E-state index contributed by atoms with van der Waals surface area (Å²) in [6.45, 7) is 9.32. The van der Waals surface area contributed by atoms with E-state index in [0.29, 0.717) is 62.1 Å². The zero-order chi connectivity index (χ0) is 27.5. The van der Waals surface area contributed by atoms with Crippen molar-refractivity contribution in [3.05, 3.63) is 34.1 Å². The van der Waals surface area contributed by atoms with E-state index >= 15 is 0 Å². The maximum absolute atomic E-state index is 13.7. The quantitative estimate of drug-likeness (QED) is 0.477. The summed E-state index contributed by atoms with van der Waals surface area (Å²) in [5.41, 5.74) is -0.612. The number of hydrogen-bond donors (Lipinski definition) is 0. The zero-order valence-corrected chi connectivity index (χ0v) is 22.4. The molecule has 0 radical (unpaired) electrons. The van der Waals surface area contributed by atoms with Gasteiger partial charge in [0, 0.05) is 50.8 Å². The summed E-state index contributed by atoms with van der Waals surface area (Å²) in [4.78, 5) is 30.5. The van der Waals surface area contributed by atoms with Crippen molar-refractivity contribution >= 4 is 22.8 Å². The number of halogens is 3. The fourth-order valence-corrected chi connectivity index (χ4v) is 6.06. The predicted molar refractivity (Wildman–Crippen MR) is 139 cm³/mol. The molecule has 6 heterocycles. The Morgan fingerprint density at radius 1 is 1.13 bits per heavy atom. The van der Waals surface area contributed by atoms with E-state index in [1.54, 1.807) is 15.4 Å². The fourth-order valence-electron chi connectivity index (χ4n) is 6.06. The number of fused-ring (bicyclic) bond motifs is 1. The minimum Gasteiger partial charge on any atom is -0.356 e. The van der Waals surface area contributed by atoms with E-state index in [2.05, 4.69) is 33.8 Å². The Kier molecular flexibility index (Phi) is 6.31. The van der Waals surface area contributed by atoms with Gasteiger partial charge in [0.25, 0.3) is 5.56 Å². The van der Waals surface area contributed by atoms with Gasteiger partial charge in [0.2, 0.25) is 5.95 Å². The highest BCUT2D eigenvalue weighted by Gasteiger charge is 2.49. The minimum atomic E-state index is -4.52. The van der Waals surface area contributed by atoms with Crippen molar-refractivity contribution in [1.82, 2.24) is 29.3 Å². The zero-order valence-electron chi connectivity index (χ0n) is 22.4. The summed E-state index contributed by atoms with van der Waals surface area (Å²) in [7, 11) is 0. The van der Waals surface area contributed by atoms with E-state index in [9.17, 15) is 18.0 Å². The number of rotatable bonds is 5. The first-order valence-electron chi connectivity index (χ1n) is 13.6. The molecule has 1 spiro atoms. The van der Waals surface area contributed by atoms with Gasteiger partial charge in [0.15, 0.2) is 11.9 Å². The summed E-state index contributed by atoms with van der Waals surface area (Å²) >= 11 is 0. The van der Waals surface area contributed by atoms with Crippen LogP contribution in [0.4, 0.5) is 24.9 Å². The van der Waals surface area contributed by atoms with Gasteiger partial charge in [-0.25, -0.2) is 14.6 Å². The highest BCUT2D eigenvalue weighted by atomic mass is 19.4. The fraction of sp³-hybridized carbons (Fsp3) is 0.654. The third-order valence-corrected chi connectivity index (χ3v) is 7.88. The Morgan fingerprint density at radius 2 is 1.90 bits per heavy atom. The van der Waals surface area contributed by atoms with Crippen LogP contribution < -0.4 is 15.4 Å². The molecule has 13 heteroatoms. The van der Waals surface area contributed by atoms with Gasteiger partial charge < -0.3 is 14.5 Å². The molecule has 0 bridgehead atoms. The van der Waals surface area contributed by atoms with Gasteiger partial charge in [-0.1, -0.05) is 13.8 Å². The third-order valence-electron chi connectivity index (χ3n) is 7.88. The van der Waals surface area contributed by atoms with Crippen LogP contribution in [0.2, 0.25) is 0 Å². The van der Waals surface area contributed by atoms with Crippen molar-refractivity contribution < 1.29 is 17.9 Å². The number of anilines is 2. The number of aromatic nitrogens is 6. The van der Waals surface area contributed by atoms with Crippen LogP contribution in [0.3, 0.4) is 0 Å². The van der Waals surface area contributed by atoms with Crippen molar-refractivity contribution in [2.45, 2.75) is 65.4 Å². The topological polar surface area (TPSA) is 94.2 Å². The van der Waals surface area contributed by atoms with Crippen molar-refractivity contribution in [2.24, 2.45) is 11.3 Å². The molecular formula is C26H33F3N8O2. The standard InChI is InChI=1S/C26H33F3N8O2/c1-16(2)12-36-23(38)18-11-30-37(21-6-4-5-9-39-21)22(18)33-24(36)34-8-7-25(13-34)14-35(15-25)20-10-19(26(27,28)29)31-17(3)32-20/h10-11,16,21H,4-9,12-15H2,1-3H3. The highest BCUT2D eigenvalue weighted by molar-refractivity contribution is 5.75. The largest absolute Gasteiger partial charge is 0.433 e. The van der Waals surface area contributed by atoms with Crippen LogP contribution in [0.25, 0.3) is 11.0 Å². The Hall–Kier alpha value is -3.22. The first kappa shape index (κ1) is 26.0. The van der Waals surface area contributed by atoms with Crippen LogP contribution in [0.5, 0.6) is 0 Å². The first-order valence-corrected chi connectivity index (χ1v) is 13.6. The Balaban J connectivity index is 1.28. The van der Waals surface area contributed by atoms with E-state index in [4.69, 9.17) is 9.72 Å². The van der Waals surface area contributed by atoms with Gasteiger partial charge in [0.1, 0.15) is 22.7 Å². The lowest BCUT2D eigenvalue weighted by Crippen LogP contribution is -2.58. The SMILES string of the molecule is Cc1nc(N2CC3(CCN(c4nc5c(cnn5C5CCCCO5)c(=O)n4CC(C)C)C3)C2)cc(C(F)(F)F)n1. The molecule has 3 saturated heterocycles. The van der Waals surface area contributed by atoms with Gasteiger partial charge in [-0.15, -0.1) is 0 Å². The molecular weight excluding hydrogens is 513 g/mol. The van der Waals surface area contributed by atoms with E-state index in [1.807, 2.05) is 4.90 Å². The molecule has 210 valence electrons. The summed E-state index contributed by atoms with van der Waals surface area (Å²) in [5, 5.41) is 4.98. The van der Waals surface area contributed by atoms with Crippen molar-refractivity contribution in [1.29, 1.82) is 0 Å². The van der Waals surface area contributed by atoms with E-state index < -0.39 is 11.9 Å². The second-order valence-corrected chi connectivity index (χ2v) is 11.6. The third kappa shape index (κ3) is 4.74. The maximum Gasteiger partial charge on any atom is 0.433 e. The molecule has 39 heavy (non-hydrogen) atoms. The van der Waals surface area contributed by atoms with E-state index in [0.717, 1.165) is 31.7 Å². The molecule has 0 amide bonds. The number of hydrogen-bond acceptors (Lipinski definition) is 8. The molecule has 3 aromatic rings. The van der Waals surface area contributed by atoms with Gasteiger partial charge in [-0.2, -0.15) is 23.3 Å². The monoisotopic (exact) mass is 546 g/mol. The second-order valence-electron chi connectivity index (χ2n) is 11.6. The molecule has 3 aliphatic rings. The van der Waals surface area contributed by atoms with Crippen LogP contribution in [-0.4, -0.2) is 62.1 Å². The Bertz CT molecular complexity index is 1440. The van der Waals surface area contributed by atoms with Crippen LogP contribution >= 0.6 is 0 Å². The van der Waals surface area contributed by atoms with Crippen LogP contribution in [0, 0.1) is 18.3 Å². The summed E-state index contributed by atoms with van der Waals surface area (Å²) < 4.78 is 49.3. The average molecular weight is 547 g/mol. The molecule has 0 N–H and O–H groups in total. The van der Waals surface area contributed by atoms with Gasteiger partial charge in [0.05, 0.1) is 6.20 Å². The number of alkyl halides is 3. The van der Waals surface area contributed by atoms with Gasteiger partial charge >= 0.3 is 6.18 Å². The Labute approximate surface area is 223 Å². The van der Waals surface area contributed by atoms with Crippen molar-refractivity contribution in [3.63, 3.8) is 0 Å². The smallest absolute Gasteiger partial charge is 0.356 e. The van der Waals surface area contributed by atoms with Crippen LogP contribution in [0.15, 0.2) is 17.1 Å². The molecule has 1 unspecified atom stereocenters. The summed E-state index contributed by atoms with van der Waals surface area (Å²) in [6, 6.07) is 1.02. The minimum absolute atomic E-state index is 0.0996.